The Bertz CT molecular complexity index is 1380. The standard InChI is InChI=1S/C19H20F4N8OS/c1-26-14(11(20)8-24)13-7-10(18(4-5-18)33(2,25)32)17-16(28-13)15(12-3-6-27-29-12)30-31(17)9-19(21,22)23/h3,6-8,25H,4-5,9,24H2,1-2H3,(H,27,29). The van der Waals surface area contributed by atoms with E-state index in [4.69, 9.17) is 10.5 Å². The molecule has 3 aromatic heterocycles. The second kappa shape index (κ2) is 7.64. The summed E-state index contributed by atoms with van der Waals surface area (Å²) in [5, 5.41) is 10.6. The van der Waals surface area contributed by atoms with Crippen LogP contribution in [0.25, 0.3) is 22.4 Å². The third-order valence-corrected chi connectivity index (χ3v) is 7.68. The molecule has 1 saturated carbocycles. The van der Waals surface area contributed by atoms with E-state index in [1.807, 2.05) is 0 Å². The molecule has 0 amide bonds. The molecule has 0 aromatic carbocycles. The maximum atomic E-state index is 14.4. The van der Waals surface area contributed by atoms with Gasteiger partial charge in [-0.15, -0.1) is 0 Å². The van der Waals surface area contributed by atoms with Crippen molar-refractivity contribution in [3.63, 3.8) is 0 Å². The van der Waals surface area contributed by atoms with Gasteiger partial charge in [-0.25, -0.2) is 13.6 Å². The fraction of sp³-hybridized carbons (Fsp3) is 0.368. The van der Waals surface area contributed by atoms with Crippen molar-refractivity contribution in [3.05, 3.63) is 41.6 Å². The van der Waals surface area contributed by atoms with Gasteiger partial charge in [-0.3, -0.25) is 19.6 Å². The number of alkyl halides is 3. The highest BCUT2D eigenvalue weighted by Crippen LogP contribution is 2.55. The summed E-state index contributed by atoms with van der Waals surface area (Å²) in [6, 6.07) is 2.84. The quantitative estimate of drug-likeness (QED) is 0.364. The molecule has 1 aliphatic rings. The zero-order chi connectivity index (χ0) is 24.2. The summed E-state index contributed by atoms with van der Waals surface area (Å²) in [6.45, 7) is -1.43. The van der Waals surface area contributed by atoms with E-state index in [1.165, 1.54) is 31.6 Å². The van der Waals surface area contributed by atoms with Gasteiger partial charge in [0.25, 0.3) is 0 Å². The zero-order valence-corrected chi connectivity index (χ0v) is 18.4. The normalized spacial score (nSPS) is 18.5. The van der Waals surface area contributed by atoms with Crippen molar-refractivity contribution in [2.45, 2.75) is 30.3 Å². The lowest BCUT2D eigenvalue weighted by Gasteiger charge is -2.20. The number of hydrogen-bond acceptors (Lipinski definition) is 7. The first-order chi connectivity index (χ1) is 15.4. The van der Waals surface area contributed by atoms with Crippen LogP contribution < -0.4 is 5.73 Å². The average Bonchev–Trinajstić information content (AvgIpc) is 3.24. The number of aliphatic imine (C=N–C) groups is 1. The van der Waals surface area contributed by atoms with Crippen LogP contribution in [-0.2, 0) is 21.0 Å². The van der Waals surface area contributed by atoms with Gasteiger partial charge in [0.1, 0.15) is 23.5 Å². The Kier molecular flexibility index (Phi) is 5.30. The fourth-order valence-electron chi connectivity index (χ4n) is 3.91. The van der Waals surface area contributed by atoms with E-state index in [2.05, 4.69) is 25.3 Å². The van der Waals surface area contributed by atoms with Gasteiger partial charge in [-0.05, 0) is 25.0 Å². The number of nitrogens with two attached hydrogens (primary N) is 1. The number of halogens is 4. The Morgan fingerprint density at radius 1 is 1.45 bits per heavy atom. The number of aromatic amines is 1. The lowest BCUT2D eigenvalue weighted by molar-refractivity contribution is -0.141. The molecule has 4 rings (SSSR count). The van der Waals surface area contributed by atoms with Crippen molar-refractivity contribution in [3.8, 4) is 11.4 Å². The number of aromatic nitrogens is 5. The smallest absolute Gasteiger partial charge is 0.402 e. The van der Waals surface area contributed by atoms with Crippen molar-refractivity contribution in [1.82, 2.24) is 25.0 Å². The molecular weight excluding hydrogens is 464 g/mol. The minimum atomic E-state index is -4.62. The molecule has 3 heterocycles. The van der Waals surface area contributed by atoms with Crippen LogP contribution in [0.2, 0.25) is 0 Å². The molecule has 0 spiro atoms. The number of fused-ring (bicyclic) bond motifs is 1. The first kappa shape index (κ1) is 22.9. The summed E-state index contributed by atoms with van der Waals surface area (Å²) >= 11 is 0. The fourth-order valence-corrected chi connectivity index (χ4v) is 5.37. The van der Waals surface area contributed by atoms with E-state index in [-0.39, 0.29) is 39.4 Å². The number of rotatable bonds is 6. The molecule has 1 fully saturated rings. The minimum Gasteiger partial charge on any atom is -0.402 e. The highest BCUT2D eigenvalue weighted by atomic mass is 32.2. The predicted molar refractivity (Wildman–Crippen MR) is 115 cm³/mol. The van der Waals surface area contributed by atoms with Crippen LogP contribution in [0.3, 0.4) is 0 Å². The summed E-state index contributed by atoms with van der Waals surface area (Å²) < 4.78 is 75.4. The Labute approximate surface area is 185 Å². The van der Waals surface area contributed by atoms with E-state index in [1.54, 1.807) is 0 Å². The lowest BCUT2D eigenvalue weighted by Crippen LogP contribution is -2.23. The number of H-pyrrole nitrogens is 1. The molecule has 0 aliphatic heterocycles. The van der Waals surface area contributed by atoms with Crippen LogP contribution in [0.4, 0.5) is 17.6 Å². The van der Waals surface area contributed by atoms with Crippen LogP contribution in [0.15, 0.2) is 35.3 Å². The van der Waals surface area contributed by atoms with Gasteiger partial charge in [0.05, 0.1) is 31.4 Å². The minimum absolute atomic E-state index is 0.0110. The highest BCUT2D eigenvalue weighted by molar-refractivity contribution is 7.93. The maximum Gasteiger partial charge on any atom is 0.408 e. The Morgan fingerprint density at radius 2 is 2.15 bits per heavy atom. The van der Waals surface area contributed by atoms with Gasteiger partial charge in [0, 0.05) is 31.3 Å². The topological polar surface area (TPSA) is 139 Å². The molecule has 1 aliphatic carbocycles. The van der Waals surface area contributed by atoms with Gasteiger partial charge in [0.15, 0.2) is 5.83 Å². The molecule has 4 N–H and O–H groups in total. The van der Waals surface area contributed by atoms with Gasteiger partial charge in [-0.1, -0.05) is 0 Å². The van der Waals surface area contributed by atoms with E-state index < -0.39 is 33.0 Å². The molecule has 1 atom stereocenters. The molecule has 14 heteroatoms. The molecule has 0 bridgehead atoms. The third kappa shape index (κ3) is 3.87. The molecule has 33 heavy (non-hydrogen) atoms. The molecule has 1 unspecified atom stereocenters. The van der Waals surface area contributed by atoms with Crippen LogP contribution in [0, 0.1) is 4.78 Å². The van der Waals surface area contributed by atoms with Crippen molar-refractivity contribution in [2.24, 2.45) is 10.7 Å². The van der Waals surface area contributed by atoms with E-state index >= 15 is 0 Å². The number of nitrogens with one attached hydrogen (secondary N) is 2. The number of pyridine rings is 1. The van der Waals surface area contributed by atoms with Crippen molar-refractivity contribution in [1.29, 1.82) is 4.78 Å². The first-order valence-electron chi connectivity index (χ1n) is 9.68. The third-order valence-electron chi connectivity index (χ3n) is 5.56. The molecule has 0 radical (unpaired) electrons. The molecule has 3 aromatic rings. The first-order valence-corrected chi connectivity index (χ1v) is 11.7. The molecule has 9 nitrogen and oxygen atoms in total. The Balaban J connectivity index is 2.15. The molecule has 176 valence electrons. The summed E-state index contributed by atoms with van der Waals surface area (Å²) in [6.07, 6.45) is -0.659. The van der Waals surface area contributed by atoms with Crippen molar-refractivity contribution < 1.29 is 21.8 Å². The zero-order valence-electron chi connectivity index (χ0n) is 17.6. The van der Waals surface area contributed by atoms with E-state index in [0.29, 0.717) is 19.0 Å². The van der Waals surface area contributed by atoms with Crippen molar-refractivity contribution >= 4 is 26.5 Å². The van der Waals surface area contributed by atoms with Crippen LogP contribution in [0.1, 0.15) is 24.1 Å². The Morgan fingerprint density at radius 3 is 2.64 bits per heavy atom. The highest BCUT2D eigenvalue weighted by Gasteiger charge is 2.53. The molecular formula is C19H20F4N8OS. The summed E-state index contributed by atoms with van der Waals surface area (Å²) in [5.74, 6) is -0.894. The largest absolute Gasteiger partial charge is 0.408 e. The SMILES string of the molecule is CN=C(C(F)=CN)c1cc(C2(S(C)(=N)=O)CC2)c2c(n1)c(-c1ccn[nH]1)nn2CC(F)(F)F. The summed E-state index contributed by atoms with van der Waals surface area (Å²) in [5.41, 5.74) is 5.55. The van der Waals surface area contributed by atoms with Crippen LogP contribution in [0.5, 0.6) is 0 Å². The number of allylic oxidation sites excluding steroid dienone is 1. The van der Waals surface area contributed by atoms with Gasteiger partial charge < -0.3 is 5.73 Å². The van der Waals surface area contributed by atoms with Gasteiger partial charge in [0.2, 0.25) is 0 Å². The summed E-state index contributed by atoms with van der Waals surface area (Å²) in [7, 11) is -1.95. The second-order valence-corrected chi connectivity index (χ2v) is 10.2. The van der Waals surface area contributed by atoms with Crippen LogP contribution >= 0.6 is 0 Å². The van der Waals surface area contributed by atoms with Gasteiger partial charge >= 0.3 is 6.18 Å². The van der Waals surface area contributed by atoms with Gasteiger partial charge in [-0.2, -0.15) is 23.4 Å². The lowest BCUT2D eigenvalue weighted by atomic mass is 10.0. The Hall–Kier alpha value is -3.29. The van der Waals surface area contributed by atoms with Crippen molar-refractivity contribution in [2.75, 3.05) is 13.3 Å². The maximum absolute atomic E-state index is 14.4. The summed E-state index contributed by atoms with van der Waals surface area (Å²) in [4.78, 5) is 8.27. The second-order valence-electron chi connectivity index (χ2n) is 7.77. The monoisotopic (exact) mass is 484 g/mol. The van der Waals surface area contributed by atoms with E-state index in [0.717, 1.165) is 4.68 Å². The molecule has 0 saturated heterocycles. The number of nitrogens with zero attached hydrogens (tertiary/aromatic N) is 5. The predicted octanol–water partition coefficient (Wildman–Crippen LogP) is 3.24. The average molecular weight is 484 g/mol. The van der Waals surface area contributed by atoms with E-state index in [9.17, 15) is 21.8 Å². The van der Waals surface area contributed by atoms with Crippen LogP contribution in [-0.4, -0.2) is 54.4 Å². The number of hydrogen-bond donors (Lipinski definition) is 3.